The molecular formula is C10H10N4O2S. The number of thioether (sulfide) groups is 1. The molecule has 0 saturated carbocycles. The second-order valence-electron chi connectivity index (χ2n) is 3.21. The Bertz CT molecular complexity index is 541. The number of carbonyl (C=O) groups excluding carboxylic acids is 1. The number of tetrazole rings is 1. The van der Waals surface area contributed by atoms with Crippen molar-refractivity contribution in [2.45, 2.75) is 5.16 Å². The summed E-state index contributed by atoms with van der Waals surface area (Å²) >= 11 is 0.982. The third-order valence-electron chi connectivity index (χ3n) is 2.07. The van der Waals surface area contributed by atoms with E-state index in [9.17, 15) is 4.79 Å². The van der Waals surface area contributed by atoms with Crippen LogP contribution in [0.2, 0.25) is 0 Å². The molecule has 0 aliphatic heterocycles. The van der Waals surface area contributed by atoms with Gasteiger partial charge in [-0.3, -0.25) is 4.79 Å². The number of methoxy groups -OCH3 is 1. The smallest absolute Gasteiger partial charge is 0.227 e. The number of hydrogen-bond acceptors (Lipinski definition) is 6. The lowest BCUT2D eigenvalue weighted by Crippen LogP contribution is -1.99. The van der Waals surface area contributed by atoms with Crippen LogP contribution in [0.3, 0.4) is 0 Å². The van der Waals surface area contributed by atoms with Crippen LogP contribution in [0.25, 0.3) is 0 Å². The van der Waals surface area contributed by atoms with E-state index in [4.69, 9.17) is 4.74 Å². The van der Waals surface area contributed by atoms with Gasteiger partial charge in [0.05, 0.1) is 7.11 Å². The first-order chi connectivity index (χ1) is 8.20. The maximum absolute atomic E-state index is 11.9. The Kier molecular flexibility index (Phi) is 3.38. The normalized spacial score (nSPS) is 10.2. The van der Waals surface area contributed by atoms with Crippen molar-refractivity contribution in [3.05, 3.63) is 29.8 Å². The fraction of sp³-hybridized carbons (Fsp3) is 0.200. The summed E-state index contributed by atoms with van der Waals surface area (Å²) in [4.78, 5) is 11.9. The maximum atomic E-state index is 11.9. The van der Waals surface area contributed by atoms with Gasteiger partial charge in [-0.15, -0.1) is 5.10 Å². The van der Waals surface area contributed by atoms with Gasteiger partial charge in [-0.2, -0.15) is 0 Å². The van der Waals surface area contributed by atoms with E-state index < -0.39 is 0 Å². The molecule has 0 atom stereocenters. The van der Waals surface area contributed by atoms with Gasteiger partial charge in [0, 0.05) is 12.6 Å². The van der Waals surface area contributed by atoms with Gasteiger partial charge >= 0.3 is 0 Å². The monoisotopic (exact) mass is 250 g/mol. The zero-order chi connectivity index (χ0) is 12.3. The van der Waals surface area contributed by atoms with Crippen LogP contribution in [0, 0.1) is 0 Å². The first-order valence-corrected chi connectivity index (χ1v) is 5.61. The molecule has 0 amide bonds. The summed E-state index contributed by atoms with van der Waals surface area (Å²) in [7, 11) is 3.24. The van der Waals surface area contributed by atoms with E-state index >= 15 is 0 Å². The lowest BCUT2D eigenvalue weighted by molar-refractivity contribution is 0.108. The molecule has 6 nitrogen and oxygen atoms in total. The number of aryl methyl sites for hydroxylation is 1. The zero-order valence-corrected chi connectivity index (χ0v) is 10.1. The summed E-state index contributed by atoms with van der Waals surface area (Å²) in [5, 5.41) is 11.2. The second kappa shape index (κ2) is 4.96. The fourth-order valence-corrected chi connectivity index (χ4v) is 1.86. The Morgan fingerprint density at radius 1 is 1.47 bits per heavy atom. The quantitative estimate of drug-likeness (QED) is 0.761. The molecule has 0 radical (unpaired) electrons. The molecule has 0 unspecified atom stereocenters. The van der Waals surface area contributed by atoms with Crippen molar-refractivity contribution in [1.29, 1.82) is 0 Å². The minimum atomic E-state index is -0.123. The zero-order valence-electron chi connectivity index (χ0n) is 9.32. The average Bonchev–Trinajstić information content (AvgIpc) is 2.75. The third kappa shape index (κ3) is 2.62. The highest BCUT2D eigenvalue weighted by Gasteiger charge is 2.13. The SMILES string of the molecule is COc1cccc(C(=O)Sc2nnnn2C)c1. The van der Waals surface area contributed by atoms with Gasteiger partial charge in [0.15, 0.2) is 0 Å². The lowest BCUT2D eigenvalue weighted by atomic mass is 10.2. The molecule has 1 aromatic heterocycles. The fourth-order valence-electron chi connectivity index (χ4n) is 1.20. The Balaban J connectivity index is 2.17. The molecule has 0 aliphatic rings. The van der Waals surface area contributed by atoms with E-state index in [-0.39, 0.29) is 5.12 Å². The van der Waals surface area contributed by atoms with E-state index in [2.05, 4.69) is 15.5 Å². The van der Waals surface area contributed by atoms with Gasteiger partial charge in [-0.25, -0.2) is 4.68 Å². The predicted molar refractivity (Wildman–Crippen MR) is 62.0 cm³/mol. The molecular weight excluding hydrogens is 240 g/mol. The molecule has 0 bridgehead atoms. The van der Waals surface area contributed by atoms with Crippen LogP contribution in [-0.2, 0) is 7.05 Å². The maximum Gasteiger partial charge on any atom is 0.227 e. The summed E-state index contributed by atoms with van der Waals surface area (Å²) in [5.74, 6) is 0.646. The van der Waals surface area contributed by atoms with Gasteiger partial charge < -0.3 is 4.74 Å². The lowest BCUT2D eigenvalue weighted by Gasteiger charge is -2.02. The third-order valence-corrected chi connectivity index (χ3v) is 3.02. The van der Waals surface area contributed by atoms with E-state index in [0.717, 1.165) is 11.8 Å². The molecule has 2 aromatic rings. The van der Waals surface area contributed by atoms with Crippen molar-refractivity contribution in [3.8, 4) is 5.75 Å². The van der Waals surface area contributed by atoms with Crippen molar-refractivity contribution >= 4 is 16.9 Å². The van der Waals surface area contributed by atoms with Crippen LogP contribution < -0.4 is 4.74 Å². The van der Waals surface area contributed by atoms with Crippen molar-refractivity contribution in [3.63, 3.8) is 0 Å². The van der Waals surface area contributed by atoms with Gasteiger partial charge in [-0.1, -0.05) is 12.1 Å². The molecule has 0 saturated heterocycles. The molecule has 17 heavy (non-hydrogen) atoms. The van der Waals surface area contributed by atoms with E-state index in [1.807, 2.05) is 0 Å². The summed E-state index contributed by atoms with van der Waals surface area (Å²) in [6, 6.07) is 6.95. The standard InChI is InChI=1S/C10H10N4O2S/c1-14-10(11-12-13-14)17-9(15)7-4-3-5-8(6-7)16-2/h3-6H,1-2H3. The van der Waals surface area contributed by atoms with Gasteiger partial charge in [0.2, 0.25) is 10.3 Å². The Labute approximate surface area is 102 Å². The van der Waals surface area contributed by atoms with Crippen molar-refractivity contribution < 1.29 is 9.53 Å². The van der Waals surface area contributed by atoms with Crippen LogP contribution in [-0.4, -0.2) is 32.4 Å². The minimum Gasteiger partial charge on any atom is -0.497 e. The highest BCUT2D eigenvalue weighted by atomic mass is 32.2. The predicted octanol–water partition coefficient (Wildman–Crippen LogP) is 1.15. The van der Waals surface area contributed by atoms with Crippen LogP contribution in [0.1, 0.15) is 10.4 Å². The van der Waals surface area contributed by atoms with Crippen LogP contribution in [0.5, 0.6) is 5.75 Å². The van der Waals surface area contributed by atoms with Crippen molar-refractivity contribution in [2.75, 3.05) is 7.11 Å². The Hall–Kier alpha value is -1.89. The molecule has 0 aliphatic carbocycles. The number of benzene rings is 1. The molecule has 88 valence electrons. The molecule has 1 aromatic carbocycles. The summed E-state index contributed by atoms with van der Waals surface area (Å²) in [6.45, 7) is 0. The number of carbonyl (C=O) groups is 1. The molecule has 0 N–H and O–H groups in total. The van der Waals surface area contributed by atoms with E-state index in [1.165, 1.54) is 4.68 Å². The molecule has 0 spiro atoms. The molecule has 2 rings (SSSR count). The van der Waals surface area contributed by atoms with Crippen LogP contribution in [0.4, 0.5) is 0 Å². The number of ether oxygens (including phenoxy) is 1. The average molecular weight is 250 g/mol. The minimum absolute atomic E-state index is 0.123. The van der Waals surface area contributed by atoms with Gasteiger partial charge in [-0.05, 0) is 34.3 Å². The first kappa shape index (κ1) is 11.6. The summed E-state index contributed by atoms with van der Waals surface area (Å²) in [5.41, 5.74) is 0.553. The number of rotatable bonds is 3. The largest absolute Gasteiger partial charge is 0.497 e. The summed E-state index contributed by atoms with van der Waals surface area (Å²) in [6.07, 6.45) is 0. The second-order valence-corrected chi connectivity index (χ2v) is 4.15. The molecule has 7 heteroatoms. The van der Waals surface area contributed by atoms with Gasteiger partial charge in [0.1, 0.15) is 5.75 Å². The van der Waals surface area contributed by atoms with Crippen molar-refractivity contribution in [1.82, 2.24) is 20.2 Å². The highest BCUT2D eigenvalue weighted by Crippen LogP contribution is 2.22. The van der Waals surface area contributed by atoms with Crippen molar-refractivity contribution in [2.24, 2.45) is 7.05 Å². The topological polar surface area (TPSA) is 69.9 Å². The number of hydrogen-bond donors (Lipinski definition) is 0. The van der Waals surface area contributed by atoms with E-state index in [0.29, 0.717) is 16.5 Å². The van der Waals surface area contributed by atoms with Crippen LogP contribution in [0.15, 0.2) is 29.4 Å². The molecule has 1 heterocycles. The summed E-state index contributed by atoms with van der Waals surface area (Å²) < 4.78 is 6.50. The Morgan fingerprint density at radius 2 is 2.29 bits per heavy atom. The highest BCUT2D eigenvalue weighted by molar-refractivity contribution is 8.14. The number of aromatic nitrogens is 4. The first-order valence-electron chi connectivity index (χ1n) is 4.79. The van der Waals surface area contributed by atoms with Gasteiger partial charge in [0.25, 0.3) is 0 Å². The molecule has 0 fully saturated rings. The number of nitrogens with zero attached hydrogens (tertiary/aromatic N) is 4. The van der Waals surface area contributed by atoms with E-state index in [1.54, 1.807) is 38.4 Å². The van der Waals surface area contributed by atoms with Crippen LogP contribution >= 0.6 is 11.8 Å². The Morgan fingerprint density at radius 3 is 2.94 bits per heavy atom.